The predicted molar refractivity (Wildman–Crippen MR) is 89.3 cm³/mol. The summed E-state index contributed by atoms with van der Waals surface area (Å²) >= 11 is 5.87. The molecule has 1 atom stereocenters. The summed E-state index contributed by atoms with van der Waals surface area (Å²) in [6.45, 7) is 6.73. The fourth-order valence-electron chi connectivity index (χ4n) is 1.58. The maximum absolute atomic E-state index is 12.1. The van der Waals surface area contributed by atoms with Gasteiger partial charge in [-0.15, -0.1) is 12.4 Å². The Labute approximate surface area is 138 Å². The number of halogens is 2. The van der Waals surface area contributed by atoms with Gasteiger partial charge < -0.3 is 15.4 Å². The van der Waals surface area contributed by atoms with Gasteiger partial charge in [-0.2, -0.15) is 0 Å². The molecule has 0 aliphatic carbocycles. The lowest BCUT2D eigenvalue weighted by atomic mass is 9.86. The molecule has 0 spiro atoms. The molecule has 1 rings (SSSR count). The quantitative estimate of drug-likeness (QED) is 0.900. The molecule has 0 heterocycles. The van der Waals surface area contributed by atoms with Gasteiger partial charge in [0.25, 0.3) is 0 Å². The van der Waals surface area contributed by atoms with Gasteiger partial charge in [-0.3, -0.25) is 4.79 Å². The number of hydrogen-bond acceptors (Lipinski definition) is 3. The summed E-state index contributed by atoms with van der Waals surface area (Å²) in [4.78, 5) is 13.7. The first-order chi connectivity index (χ1) is 9.21. The SMILES string of the molecule is CN(CCOc1cccc(Cl)c1)C(=O)[C@@H](N)C(C)(C)C.Cl. The molecule has 6 heteroatoms. The van der Waals surface area contributed by atoms with Crippen molar-refractivity contribution in [2.24, 2.45) is 11.1 Å². The topological polar surface area (TPSA) is 55.6 Å². The van der Waals surface area contributed by atoms with Crippen LogP contribution < -0.4 is 10.5 Å². The van der Waals surface area contributed by atoms with Crippen LogP contribution in [0.3, 0.4) is 0 Å². The molecule has 0 bridgehead atoms. The third-order valence-corrected chi connectivity index (χ3v) is 3.30. The summed E-state index contributed by atoms with van der Waals surface area (Å²) in [6, 6.07) is 6.66. The highest BCUT2D eigenvalue weighted by Crippen LogP contribution is 2.19. The van der Waals surface area contributed by atoms with Crippen LogP contribution in [-0.4, -0.2) is 37.0 Å². The number of likely N-dealkylation sites (N-methyl/N-ethyl adjacent to an activating group) is 1. The Morgan fingerprint density at radius 1 is 1.43 bits per heavy atom. The van der Waals surface area contributed by atoms with Crippen molar-refractivity contribution in [2.75, 3.05) is 20.2 Å². The molecule has 120 valence electrons. The van der Waals surface area contributed by atoms with Crippen molar-refractivity contribution in [3.63, 3.8) is 0 Å². The van der Waals surface area contributed by atoms with Crippen molar-refractivity contribution in [3.05, 3.63) is 29.3 Å². The number of carbonyl (C=O) groups is 1. The minimum Gasteiger partial charge on any atom is -0.492 e. The number of amides is 1. The Kier molecular flexibility index (Phi) is 8.08. The Bertz CT molecular complexity index is 461. The van der Waals surface area contributed by atoms with Crippen LogP contribution in [0, 0.1) is 5.41 Å². The number of hydrogen-bond donors (Lipinski definition) is 1. The average molecular weight is 335 g/mol. The highest BCUT2D eigenvalue weighted by molar-refractivity contribution is 6.30. The van der Waals surface area contributed by atoms with Gasteiger partial charge in [-0.1, -0.05) is 38.4 Å². The Morgan fingerprint density at radius 3 is 2.57 bits per heavy atom. The van der Waals surface area contributed by atoms with E-state index < -0.39 is 6.04 Å². The van der Waals surface area contributed by atoms with Crippen LogP contribution in [0.5, 0.6) is 5.75 Å². The van der Waals surface area contributed by atoms with Crippen LogP contribution in [0.2, 0.25) is 5.02 Å². The van der Waals surface area contributed by atoms with E-state index in [2.05, 4.69) is 0 Å². The smallest absolute Gasteiger partial charge is 0.239 e. The van der Waals surface area contributed by atoms with Crippen molar-refractivity contribution in [1.82, 2.24) is 4.90 Å². The van der Waals surface area contributed by atoms with Gasteiger partial charge in [0.2, 0.25) is 5.91 Å². The van der Waals surface area contributed by atoms with Crippen LogP contribution in [0.15, 0.2) is 24.3 Å². The number of rotatable bonds is 5. The molecule has 1 aromatic rings. The summed E-state index contributed by atoms with van der Waals surface area (Å²) in [7, 11) is 1.73. The van der Waals surface area contributed by atoms with Crippen LogP contribution in [0.25, 0.3) is 0 Å². The zero-order valence-electron chi connectivity index (χ0n) is 12.9. The third kappa shape index (κ3) is 6.55. The van der Waals surface area contributed by atoms with E-state index in [0.29, 0.717) is 23.9 Å². The molecule has 0 aliphatic rings. The van der Waals surface area contributed by atoms with Crippen LogP contribution in [0.1, 0.15) is 20.8 Å². The van der Waals surface area contributed by atoms with E-state index in [9.17, 15) is 4.79 Å². The monoisotopic (exact) mass is 334 g/mol. The fourth-order valence-corrected chi connectivity index (χ4v) is 1.76. The average Bonchev–Trinajstić information content (AvgIpc) is 2.35. The number of nitrogens with two attached hydrogens (primary N) is 1. The Balaban J connectivity index is 0.00000400. The van der Waals surface area contributed by atoms with Gasteiger partial charge in [0.1, 0.15) is 12.4 Å². The first-order valence-corrected chi connectivity index (χ1v) is 6.98. The summed E-state index contributed by atoms with van der Waals surface area (Å²) in [5.41, 5.74) is 5.70. The molecule has 1 amide bonds. The highest BCUT2D eigenvalue weighted by atomic mass is 35.5. The number of carbonyl (C=O) groups excluding carboxylic acids is 1. The van der Waals surface area contributed by atoms with E-state index in [0.717, 1.165) is 0 Å². The normalized spacial score (nSPS) is 12.3. The molecule has 0 aromatic heterocycles. The van der Waals surface area contributed by atoms with Gasteiger partial charge in [-0.05, 0) is 23.6 Å². The van der Waals surface area contributed by atoms with Crippen LogP contribution in [0.4, 0.5) is 0 Å². The molecule has 4 nitrogen and oxygen atoms in total. The molecule has 2 N–H and O–H groups in total. The largest absolute Gasteiger partial charge is 0.492 e. The molecule has 1 aromatic carbocycles. The van der Waals surface area contributed by atoms with E-state index in [1.807, 2.05) is 32.9 Å². The molecule has 0 fully saturated rings. The zero-order valence-corrected chi connectivity index (χ0v) is 14.5. The minimum absolute atomic E-state index is 0. The molecule has 0 saturated carbocycles. The maximum Gasteiger partial charge on any atom is 0.239 e. The van der Waals surface area contributed by atoms with Crippen LogP contribution in [-0.2, 0) is 4.79 Å². The van der Waals surface area contributed by atoms with E-state index >= 15 is 0 Å². The second-order valence-electron chi connectivity index (χ2n) is 5.91. The van der Waals surface area contributed by atoms with Gasteiger partial charge in [0.05, 0.1) is 12.6 Å². The van der Waals surface area contributed by atoms with E-state index in [1.54, 1.807) is 24.1 Å². The van der Waals surface area contributed by atoms with Gasteiger partial charge in [-0.25, -0.2) is 0 Å². The third-order valence-electron chi connectivity index (χ3n) is 3.07. The van der Waals surface area contributed by atoms with Crippen molar-refractivity contribution in [1.29, 1.82) is 0 Å². The highest BCUT2D eigenvalue weighted by Gasteiger charge is 2.29. The standard InChI is InChI=1S/C15H23ClN2O2.ClH/c1-15(2,3)13(17)14(19)18(4)8-9-20-12-7-5-6-11(16)10-12;/h5-7,10,13H,8-9,17H2,1-4H3;1H/t13-;/m1./s1. The van der Waals surface area contributed by atoms with Crippen molar-refractivity contribution < 1.29 is 9.53 Å². The molecular formula is C15H24Cl2N2O2. The number of benzene rings is 1. The summed E-state index contributed by atoms with van der Waals surface area (Å²) in [5.74, 6) is 0.616. The summed E-state index contributed by atoms with van der Waals surface area (Å²) < 4.78 is 5.55. The lowest BCUT2D eigenvalue weighted by molar-refractivity contribution is -0.133. The summed E-state index contributed by atoms with van der Waals surface area (Å²) in [6.07, 6.45) is 0. The predicted octanol–water partition coefficient (Wildman–Crippen LogP) is 2.97. The summed E-state index contributed by atoms with van der Waals surface area (Å²) in [5, 5.41) is 0.627. The lowest BCUT2D eigenvalue weighted by Crippen LogP contribution is -2.49. The molecular weight excluding hydrogens is 311 g/mol. The Morgan fingerprint density at radius 2 is 2.05 bits per heavy atom. The second kappa shape index (κ2) is 8.47. The zero-order chi connectivity index (χ0) is 15.3. The molecule has 0 aliphatic heterocycles. The molecule has 0 saturated heterocycles. The van der Waals surface area contributed by atoms with E-state index in [4.69, 9.17) is 22.1 Å². The molecule has 21 heavy (non-hydrogen) atoms. The second-order valence-corrected chi connectivity index (χ2v) is 6.35. The lowest BCUT2D eigenvalue weighted by Gasteiger charge is -2.29. The van der Waals surface area contributed by atoms with E-state index in [1.165, 1.54) is 0 Å². The van der Waals surface area contributed by atoms with Crippen LogP contribution >= 0.6 is 24.0 Å². The first kappa shape index (κ1) is 20.0. The first-order valence-electron chi connectivity index (χ1n) is 6.61. The van der Waals surface area contributed by atoms with Crippen molar-refractivity contribution in [2.45, 2.75) is 26.8 Å². The van der Waals surface area contributed by atoms with E-state index in [-0.39, 0.29) is 23.7 Å². The van der Waals surface area contributed by atoms with Crippen molar-refractivity contribution in [3.8, 4) is 5.75 Å². The van der Waals surface area contributed by atoms with Gasteiger partial charge >= 0.3 is 0 Å². The minimum atomic E-state index is -0.515. The maximum atomic E-state index is 12.1. The van der Waals surface area contributed by atoms with Gasteiger partial charge in [0.15, 0.2) is 0 Å². The van der Waals surface area contributed by atoms with Gasteiger partial charge in [0, 0.05) is 12.1 Å². The Hall–Kier alpha value is -0.970. The number of nitrogens with zero attached hydrogens (tertiary/aromatic N) is 1. The van der Waals surface area contributed by atoms with Crippen molar-refractivity contribution >= 4 is 29.9 Å². The molecule has 0 radical (unpaired) electrons. The number of ether oxygens (including phenoxy) is 1. The molecule has 0 unspecified atom stereocenters. The fraction of sp³-hybridized carbons (Fsp3) is 0.533.